The molecule has 13 heavy (non-hydrogen) atoms. The molecule has 1 aromatic rings. The maximum atomic E-state index is 5.62. The first-order valence-electron chi connectivity index (χ1n) is 4.68. The lowest BCUT2D eigenvalue weighted by atomic mass is 9.83. The van der Waals surface area contributed by atoms with Gasteiger partial charge in [-0.15, -0.1) is 0 Å². The molecule has 0 unspecified atom stereocenters. The summed E-state index contributed by atoms with van der Waals surface area (Å²) < 4.78 is 0. The van der Waals surface area contributed by atoms with Gasteiger partial charge < -0.3 is 5.73 Å². The lowest BCUT2D eigenvalue weighted by Crippen LogP contribution is -2.13. The number of rotatable bonds is 3. The molecule has 0 saturated heterocycles. The average molecular weight is 176 g/mol. The maximum absolute atomic E-state index is 5.62. The van der Waals surface area contributed by atoms with E-state index in [9.17, 15) is 0 Å². The Morgan fingerprint density at radius 3 is 2.23 bits per heavy atom. The van der Waals surface area contributed by atoms with Crippen molar-refractivity contribution in [1.29, 1.82) is 0 Å². The Hall–Kier alpha value is -0.980. The topological polar surface area (TPSA) is 26.0 Å². The first-order valence-corrected chi connectivity index (χ1v) is 4.68. The summed E-state index contributed by atoms with van der Waals surface area (Å²) in [7, 11) is 0. The molecule has 0 bridgehead atoms. The fraction of sp³-hybridized carbons (Fsp3) is 0.417. The van der Waals surface area contributed by atoms with Gasteiger partial charge in [-0.2, -0.15) is 0 Å². The van der Waals surface area contributed by atoms with Gasteiger partial charge in [0, 0.05) is 5.69 Å². The van der Waals surface area contributed by atoms with Crippen molar-refractivity contribution in [3.8, 4) is 0 Å². The van der Waals surface area contributed by atoms with E-state index in [0.29, 0.717) is 0 Å². The van der Waals surface area contributed by atoms with Crippen LogP contribution in [0, 0.1) is 11.8 Å². The van der Waals surface area contributed by atoms with Gasteiger partial charge >= 0.3 is 0 Å². The molecule has 71 valence electrons. The highest BCUT2D eigenvalue weighted by Gasteiger charge is 2.15. The van der Waals surface area contributed by atoms with Crippen molar-refractivity contribution in [3.05, 3.63) is 36.2 Å². The van der Waals surface area contributed by atoms with E-state index < -0.39 is 0 Å². The second-order valence-electron chi connectivity index (χ2n) is 4.20. The molecule has 0 aliphatic rings. The highest BCUT2D eigenvalue weighted by Crippen LogP contribution is 2.24. The minimum atomic E-state index is 0.274. The van der Waals surface area contributed by atoms with Crippen LogP contribution in [-0.2, 0) is 6.42 Å². The largest absolute Gasteiger partial charge is 0.399 e. The summed E-state index contributed by atoms with van der Waals surface area (Å²) in [6, 6.07) is 8.11. The zero-order chi connectivity index (χ0) is 9.90. The molecule has 1 radical (unpaired) electrons. The van der Waals surface area contributed by atoms with Crippen molar-refractivity contribution in [1.82, 2.24) is 0 Å². The van der Waals surface area contributed by atoms with Crippen molar-refractivity contribution >= 4 is 5.69 Å². The normalized spacial score (nSPS) is 11.6. The average Bonchev–Trinajstić information content (AvgIpc) is 2.09. The van der Waals surface area contributed by atoms with Crippen LogP contribution in [0.15, 0.2) is 24.3 Å². The molecule has 0 aliphatic carbocycles. The van der Waals surface area contributed by atoms with Crippen LogP contribution >= 0.6 is 0 Å². The van der Waals surface area contributed by atoms with E-state index in [-0.39, 0.29) is 5.41 Å². The Bertz CT molecular complexity index is 259. The van der Waals surface area contributed by atoms with Gasteiger partial charge in [-0.25, -0.2) is 0 Å². The molecule has 0 spiro atoms. The highest BCUT2D eigenvalue weighted by atomic mass is 14.5. The second kappa shape index (κ2) is 3.82. The van der Waals surface area contributed by atoms with Gasteiger partial charge in [0.05, 0.1) is 0 Å². The maximum Gasteiger partial charge on any atom is 0.0314 e. The fourth-order valence-electron chi connectivity index (χ4n) is 1.26. The number of hydrogen-bond donors (Lipinski definition) is 1. The smallest absolute Gasteiger partial charge is 0.0314 e. The second-order valence-corrected chi connectivity index (χ2v) is 4.20. The number of nitrogens with two attached hydrogens (primary N) is 1. The van der Waals surface area contributed by atoms with E-state index in [1.165, 1.54) is 5.56 Å². The Labute approximate surface area is 81.0 Å². The Balaban J connectivity index is 2.69. The molecule has 0 heterocycles. The van der Waals surface area contributed by atoms with Crippen molar-refractivity contribution in [2.75, 3.05) is 5.73 Å². The van der Waals surface area contributed by atoms with Gasteiger partial charge in [0.15, 0.2) is 0 Å². The van der Waals surface area contributed by atoms with Crippen molar-refractivity contribution in [3.63, 3.8) is 0 Å². The molecule has 0 atom stereocenters. The van der Waals surface area contributed by atoms with Crippen molar-refractivity contribution in [2.24, 2.45) is 5.41 Å². The van der Waals surface area contributed by atoms with Crippen LogP contribution in [0.25, 0.3) is 0 Å². The molecule has 2 N–H and O–H groups in total. The molecule has 1 rings (SSSR count). The molecule has 1 nitrogen and oxygen atoms in total. The zero-order valence-corrected chi connectivity index (χ0v) is 8.67. The third-order valence-electron chi connectivity index (χ3n) is 2.42. The van der Waals surface area contributed by atoms with Crippen LogP contribution in [-0.4, -0.2) is 0 Å². The molecule has 0 aliphatic heterocycles. The van der Waals surface area contributed by atoms with E-state index in [2.05, 4.69) is 39.3 Å². The SMILES string of the molecule is C[CH]C(C)(C)Cc1ccc(N)cc1. The number of hydrogen-bond acceptors (Lipinski definition) is 1. The quantitative estimate of drug-likeness (QED) is 0.704. The molecular weight excluding hydrogens is 158 g/mol. The summed E-state index contributed by atoms with van der Waals surface area (Å²) in [6.07, 6.45) is 3.31. The van der Waals surface area contributed by atoms with Crippen LogP contribution in [0.3, 0.4) is 0 Å². The molecule has 1 aromatic carbocycles. The summed E-state index contributed by atoms with van der Waals surface area (Å²) in [5, 5.41) is 0. The lowest BCUT2D eigenvalue weighted by molar-refractivity contribution is 0.436. The van der Waals surface area contributed by atoms with E-state index >= 15 is 0 Å². The fourth-order valence-corrected chi connectivity index (χ4v) is 1.26. The van der Waals surface area contributed by atoms with Crippen molar-refractivity contribution in [2.45, 2.75) is 27.2 Å². The van der Waals surface area contributed by atoms with Gasteiger partial charge in [0.2, 0.25) is 0 Å². The Kier molecular flexibility index (Phi) is 2.97. The predicted octanol–water partition coefficient (Wildman–Crippen LogP) is 3.06. The van der Waals surface area contributed by atoms with E-state index in [1.54, 1.807) is 0 Å². The molecule has 0 amide bonds. The summed E-state index contributed by atoms with van der Waals surface area (Å²) in [5.41, 5.74) is 8.07. The van der Waals surface area contributed by atoms with Gasteiger partial charge in [-0.1, -0.05) is 32.9 Å². The summed E-state index contributed by atoms with van der Waals surface area (Å²) >= 11 is 0. The van der Waals surface area contributed by atoms with Crippen LogP contribution in [0.2, 0.25) is 0 Å². The standard InChI is InChI=1S/C12H18N/c1-4-12(2,3)9-10-5-7-11(13)8-6-10/h4-8H,9,13H2,1-3H3. The molecule has 0 fully saturated rings. The first kappa shape index (κ1) is 10.1. The number of benzene rings is 1. The summed E-state index contributed by atoms with van der Waals surface area (Å²) in [4.78, 5) is 0. The summed E-state index contributed by atoms with van der Waals surface area (Å²) in [5.74, 6) is 0. The van der Waals surface area contributed by atoms with Crippen molar-refractivity contribution < 1.29 is 0 Å². The van der Waals surface area contributed by atoms with Crippen LogP contribution < -0.4 is 5.73 Å². The van der Waals surface area contributed by atoms with E-state index in [0.717, 1.165) is 12.1 Å². The van der Waals surface area contributed by atoms with Gasteiger partial charge in [-0.05, 0) is 36.0 Å². The molecule has 0 saturated carbocycles. The Morgan fingerprint density at radius 2 is 1.77 bits per heavy atom. The monoisotopic (exact) mass is 176 g/mol. The lowest BCUT2D eigenvalue weighted by Gasteiger charge is -2.22. The third kappa shape index (κ3) is 3.10. The van der Waals surface area contributed by atoms with Gasteiger partial charge in [0.1, 0.15) is 0 Å². The molecule has 1 heteroatoms. The first-order chi connectivity index (χ1) is 6.03. The van der Waals surface area contributed by atoms with E-state index in [4.69, 9.17) is 5.73 Å². The van der Waals surface area contributed by atoms with Crippen LogP contribution in [0.1, 0.15) is 26.3 Å². The van der Waals surface area contributed by atoms with Crippen LogP contribution in [0.5, 0.6) is 0 Å². The molecular formula is C12H18N. The summed E-state index contributed by atoms with van der Waals surface area (Å²) in [6.45, 7) is 6.59. The minimum absolute atomic E-state index is 0.274. The van der Waals surface area contributed by atoms with Gasteiger partial charge in [-0.3, -0.25) is 0 Å². The number of nitrogen functional groups attached to an aromatic ring is 1. The highest BCUT2D eigenvalue weighted by molar-refractivity contribution is 5.39. The molecule has 0 aromatic heterocycles. The third-order valence-corrected chi connectivity index (χ3v) is 2.42. The van der Waals surface area contributed by atoms with Crippen LogP contribution in [0.4, 0.5) is 5.69 Å². The zero-order valence-electron chi connectivity index (χ0n) is 8.67. The van der Waals surface area contributed by atoms with Gasteiger partial charge in [0.25, 0.3) is 0 Å². The number of anilines is 1. The predicted molar refractivity (Wildman–Crippen MR) is 58.3 cm³/mol. The Morgan fingerprint density at radius 1 is 1.23 bits per heavy atom. The van der Waals surface area contributed by atoms with E-state index in [1.807, 2.05) is 12.1 Å². The minimum Gasteiger partial charge on any atom is -0.399 e.